The fourth-order valence-electron chi connectivity index (χ4n) is 2.79. The molecule has 28 heavy (non-hydrogen) atoms. The minimum atomic E-state index is -0.156. The minimum absolute atomic E-state index is 0.156. The van der Waals surface area contributed by atoms with Crippen LogP contribution in [0.4, 0.5) is 5.69 Å². The van der Waals surface area contributed by atoms with Crippen molar-refractivity contribution >= 4 is 28.1 Å². The molecule has 2 aromatic rings. The number of benzene rings is 1. The molecule has 2 heterocycles. The van der Waals surface area contributed by atoms with Crippen LogP contribution in [0.3, 0.4) is 0 Å². The zero-order valence-electron chi connectivity index (χ0n) is 16.7. The number of allylic oxidation sites excluding steroid dienone is 1. The molecular formula is C21H23N5OS. The van der Waals surface area contributed by atoms with Crippen molar-refractivity contribution in [3.63, 3.8) is 0 Å². The van der Waals surface area contributed by atoms with E-state index in [9.17, 15) is 4.79 Å². The molecule has 0 atom stereocenters. The Kier molecular flexibility index (Phi) is 5.90. The number of aromatic nitrogens is 2. The molecule has 7 heteroatoms. The van der Waals surface area contributed by atoms with Crippen LogP contribution in [-0.4, -0.2) is 40.2 Å². The van der Waals surface area contributed by atoms with Crippen LogP contribution in [0, 0.1) is 18.8 Å². The number of nitrogens with zero attached hydrogens (tertiary/aromatic N) is 4. The van der Waals surface area contributed by atoms with Crippen LogP contribution in [0.2, 0.25) is 0 Å². The lowest BCUT2D eigenvalue weighted by Gasteiger charge is -2.15. The summed E-state index contributed by atoms with van der Waals surface area (Å²) in [5.41, 5.74) is 7.18. The van der Waals surface area contributed by atoms with Crippen LogP contribution in [0.5, 0.6) is 0 Å². The van der Waals surface area contributed by atoms with Gasteiger partial charge in [-0.3, -0.25) is 15.2 Å². The van der Waals surface area contributed by atoms with Crippen LogP contribution in [0.25, 0.3) is 5.57 Å². The van der Waals surface area contributed by atoms with Crippen molar-refractivity contribution in [2.45, 2.75) is 25.7 Å². The number of aryl methyl sites for hydroxylation is 1. The van der Waals surface area contributed by atoms with Crippen LogP contribution < -0.4 is 11.0 Å². The maximum Gasteiger partial charge on any atom is 0.286 e. The van der Waals surface area contributed by atoms with Gasteiger partial charge in [0.1, 0.15) is 16.3 Å². The molecule has 6 nitrogen and oxygen atoms in total. The predicted octanol–water partition coefficient (Wildman–Crippen LogP) is 3.25. The van der Waals surface area contributed by atoms with Gasteiger partial charge in [0.15, 0.2) is 0 Å². The van der Waals surface area contributed by atoms with Crippen molar-refractivity contribution in [1.29, 1.82) is 0 Å². The molecular weight excluding hydrogens is 370 g/mol. The molecule has 144 valence electrons. The first-order valence-corrected chi connectivity index (χ1v) is 9.80. The van der Waals surface area contributed by atoms with E-state index >= 15 is 0 Å². The Morgan fingerprint density at radius 3 is 2.64 bits per heavy atom. The van der Waals surface area contributed by atoms with E-state index in [1.165, 1.54) is 22.8 Å². The lowest BCUT2D eigenvalue weighted by atomic mass is 10.1. The van der Waals surface area contributed by atoms with Crippen molar-refractivity contribution in [3.8, 4) is 11.8 Å². The van der Waals surface area contributed by atoms with Gasteiger partial charge in [-0.1, -0.05) is 35.4 Å². The van der Waals surface area contributed by atoms with Crippen molar-refractivity contribution in [3.05, 3.63) is 57.9 Å². The Hall–Kier alpha value is -2.98. The summed E-state index contributed by atoms with van der Waals surface area (Å²) in [6, 6.07) is 7.84. The average molecular weight is 394 g/mol. The molecule has 0 unspecified atom stereocenters. The lowest BCUT2D eigenvalue weighted by Crippen LogP contribution is -2.28. The van der Waals surface area contributed by atoms with Gasteiger partial charge in [-0.15, -0.1) is 0 Å². The van der Waals surface area contributed by atoms with Gasteiger partial charge in [0.05, 0.1) is 22.7 Å². The highest BCUT2D eigenvalue weighted by Crippen LogP contribution is 2.39. The van der Waals surface area contributed by atoms with Gasteiger partial charge in [0.2, 0.25) is 0 Å². The highest BCUT2D eigenvalue weighted by Gasteiger charge is 2.32. The fourth-order valence-corrected chi connectivity index (χ4v) is 3.91. The van der Waals surface area contributed by atoms with E-state index in [0.717, 1.165) is 27.6 Å². The third-order valence-electron chi connectivity index (χ3n) is 4.11. The quantitative estimate of drug-likeness (QED) is 0.808. The van der Waals surface area contributed by atoms with Crippen molar-refractivity contribution in [2.24, 2.45) is 4.99 Å². The van der Waals surface area contributed by atoms with Crippen molar-refractivity contribution in [2.75, 3.05) is 26.1 Å². The molecule has 0 bridgehead atoms. The van der Waals surface area contributed by atoms with E-state index in [1.54, 1.807) is 6.92 Å². The average Bonchev–Trinajstić information content (AvgIpc) is 3.02. The Labute approximate surface area is 169 Å². The zero-order chi connectivity index (χ0) is 20.3. The topological polar surface area (TPSA) is 62.5 Å². The number of thioether (sulfide) groups is 1. The van der Waals surface area contributed by atoms with E-state index in [2.05, 4.69) is 27.2 Å². The summed E-state index contributed by atoms with van der Waals surface area (Å²) >= 11 is 1.36. The number of nitrogens with one attached hydrogen (secondary N) is 1. The van der Waals surface area contributed by atoms with E-state index in [1.807, 2.05) is 57.1 Å². The second kappa shape index (κ2) is 8.36. The molecule has 1 aromatic carbocycles. The molecule has 0 saturated heterocycles. The second-order valence-corrected chi connectivity index (χ2v) is 7.45. The Balaban J connectivity index is 2.13. The van der Waals surface area contributed by atoms with Crippen LogP contribution in [0.1, 0.15) is 25.1 Å². The van der Waals surface area contributed by atoms with Gasteiger partial charge in [-0.05, 0) is 38.8 Å². The molecule has 1 aliphatic heterocycles. The van der Waals surface area contributed by atoms with Gasteiger partial charge in [-0.25, -0.2) is 9.66 Å². The van der Waals surface area contributed by atoms with Crippen LogP contribution in [0.15, 0.2) is 51.0 Å². The Bertz CT molecular complexity index is 1070. The molecule has 1 aliphatic rings. The van der Waals surface area contributed by atoms with Gasteiger partial charge >= 0.3 is 0 Å². The number of aliphatic imine (C=N–C) groups is 1. The summed E-state index contributed by atoms with van der Waals surface area (Å²) in [7, 11) is 3.86. The molecule has 0 aliphatic carbocycles. The number of hydrogen-bond acceptors (Lipinski definition) is 6. The smallest absolute Gasteiger partial charge is 0.286 e. The summed E-state index contributed by atoms with van der Waals surface area (Å²) in [5.74, 6) is 6.07. The molecule has 1 aromatic heterocycles. The number of rotatable bonds is 4. The zero-order valence-corrected chi connectivity index (χ0v) is 17.5. The third kappa shape index (κ3) is 3.82. The largest absolute Gasteiger partial charge is 0.370 e. The highest BCUT2D eigenvalue weighted by molar-refractivity contribution is 8.15. The van der Waals surface area contributed by atoms with Gasteiger partial charge in [-0.2, -0.15) is 0 Å². The van der Waals surface area contributed by atoms with Gasteiger partial charge in [0.25, 0.3) is 5.56 Å². The Morgan fingerprint density at radius 2 is 2.04 bits per heavy atom. The number of hydrogen-bond donors (Lipinski definition) is 1. The van der Waals surface area contributed by atoms with Gasteiger partial charge < -0.3 is 4.90 Å². The summed E-state index contributed by atoms with van der Waals surface area (Å²) < 4.78 is 1.41. The summed E-state index contributed by atoms with van der Waals surface area (Å²) in [6.07, 6.45) is 1.52. The summed E-state index contributed by atoms with van der Waals surface area (Å²) in [6.45, 7) is 6.41. The molecule has 0 amide bonds. The van der Waals surface area contributed by atoms with E-state index in [4.69, 9.17) is 0 Å². The molecule has 0 saturated carbocycles. The second-order valence-electron chi connectivity index (χ2n) is 6.45. The third-order valence-corrected chi connectivity index (χ3v) is 5.21. The van der Waals surface area contributed by atoms with Crippen molar-refractivity contribution in [1.82, 2.24) is 14.6 Å². The summed E-state index contributed by atoms with van der Waals surface area (Å²) in [5, 5.41) is 0.779. The first-order chi connectivity index (χ1) is 13.5. The highest BCUT2D eigenvalue weighted by atomic mass is 32.2. The molecule has 3 rings (SSSR count). The molecule has 0 fully saturated rings. The number of fused-ring (bicyclic) bond motifs is 1. The first kappa shape index (κ1) is 19.8. The first-order valence-electron chi connectivity index (χ1n) is 8.99. The summed E-state index contributed by atoms with van der Waals surface area (Å²) in [4.78, 5) is 24.8. The maximum atomic E-state index is 13.1. The monoisotopic (exact) mass is 393 g/mol. The molecule has 1 N–H and O–H groups in total. The fraction of sp³-hybridized carbons (Fsp3) is 0.286. The van der Waals surface area contributed by atoms with E-state index in [-0.39, 0.29) is 5.56 Å². The van der Waals surface area contributed by atoms with E-state index < -0.39 is 0 Å². The lowest BCUT2D eigenvalue weighted by molar-refractivity contribution is 0.538. The van der Waals surface area contributed by atoms with Gasteiger partial charge in [0, 0.05) is 20.6 Å². The van der Waals surface area contributed by atoms with Crippen molar-refractivity contribution < 1.29 is 0 Å². The maximum absolute atomic E-state index is 13.1. The SMILES string of the molecule is CC#C/C(=C1\C(=NCC)Sc2c1ncn(Nc1ccc(C)cc1)c2=O)N(C)C. The minimum Gasteiger partial charge on any atom is -0.370 e. The number of anilines is 1. The standard InChI is InChI=1S/C21H23N5OS/c1-6-8-16(25(4)5)17-18-19(28-20(17)22-7-2)21(27)26(13-23-18)24-15-11-9-14(3)10-12-15/h9-13,24H,7H2,1-5H3/b17-16+,22-20?. The van der Waals surface area contributed by atoms with Crippen LogP contribution >= 0.6 is 11.8 Å². The van der Waals surface area contributed by atoms with E-state index in [0.29, 0.717) is 17.1 Å². The molecule has 0 radical (unpaired) electrons. The Morgan fingerprint density at radius 1 is 1.32 bits per heavy atom. The molecule has 0 spiro atoms. The predicted molar refractivity (Wildman–Crippen MR) is 117 cm³/mol. The van der Waals surface area contributed by atoms with Crippen LogP contribution in [-0.2, 0) is 0 Å². The normalized spacial score (nSPS) is 15.7.